The third-order valence-corrected chi connectivity index (χ3v) is 1.83. The normalized spacial score (nSPS) is 12.6. The van der Waals surface area contributed by atoms with E-state index in [1.54, 1.807) is 0 Å². The highest BCUT2D eigenvalue weighted by molar-refractivity contribution is 5.88. The van der Waals surface area contributed by atoms with Gasteiger partial charge in [-0.05, 0) is 0 Å². The van der Waals surface area contributed by atoms with Crippen molar-refractivity contribution in [1.82, 2.24) is 9.78 Å². The Labute approximate surface area is 92.0 Å². The predicted octanol–water partition coefficient (Wildman–Crippen LogP) is 1.87. The average Bonchev–Trinajstić information content (AvgIpc) is 2.62. The summed E-state index contributed by atoms with van der Waals surface area (Å²) in [4.78, 5) is 10.9. The van der Waals surface area contributed by atoms with Crippen LogP contribution in [0.2, 0.25) is 0 Å². The fourth-order valence-corrected chi connectivity index (χ4v) is 0.966. The molecule has 4 nitrogen and oxygen atoms in total. The topological polar surface area (TPSA) is 44.1 Å². The van der Waals surface area contributed by atoms with Crippen LogP contribution in [0, 0.1) is 0 Å². The molecule has 17 heavy (non-hydrogen) atoms. The van der Waals surface area contributed by atoms with Crippen molar-refractivity contribution in [2.24, 2.45) is 0 Å². The Hall–Kier alpha value is -1.67. The van der Waals surface area contributed by atoms with E-state index in [1.807, 2.05) is 0 Å². The van der Waals surface area contributed by atoms with Crippen molar-refractivity contribution in [3.63, 3.8) is 0 Å². The molecule has 96 valence electrons. The second-order valence-electron chi connectivity index (χ2n) is 3.12. The Morgan fingerprint density at radius 2 is 2.00 bits per heavy atom. The zero-order chi connectivity index (χ0) is 13.3. The highest BCUT2D eigenvalue weighted by atomic mass is 19.4. The Kier molecular flexibility index (Phi) is 3.39. The number of alkyl halides is 5. The molecule has 1 heterocycles. The molecule has 0 saturated heterocycles. The van der Waals surface area contributed by atoms with Crippen LogP contribution in [0.25, 0.3) is 0 Å². The summed E-state index contributed by atoms with van der Waals surface area (Å²) in [5, 5.41) is 3.22. The molecule has 0 N–H and O–H groups in total. The molecular weight excluding hydrogens is 251 g/mol. The van der Waals surface area contributed by atoms with E-state index in [1.165, 1.54) is 0 Å². The summed E-state index contributed by atoms with van der Waals surface area (Å²) in [7, 11) is 1.05. The number of halogens is 5. The summed E-state index contributed by atoms with van der Waals surface area (Å²) in [6.45, 7) is -1.69. The van der Waals surface area contributed by atoms with Crippen LogP contribution in [0.15, 0.2) is 12.4 Å². The molecule has 0 atom stereocenters. The summed E-state index contributed by atoms with van der Waals surface area (Å²) in [6.07, 6.45) is -4.06. The summed E-state index contributed by atoms with van der Waals surface area (Å²) in [5.74, 6) is -5.78. The van der Waals surface area contributed by atoms with E-state index in [-0.39, 0.29) is 5.56 Å². The molecule has 1 rings (SSSR count). The van der Waals surface area contributed by atoms with Gasteiger partial charge in [-0.25, -0.2) is 4.79 Å². The van der Waals surface area contributed by atoms with Gasteiger partial charge in [0.1, 0.15) is 6.54 Å². The number of ether oxygens (including phenoxy) is 1. The first-order valence-electron chi connectivity index (χ1n) is 4.22. The fraction of sp³-hybridized carbons (Fsp3) is 0.500. The number of methoxy groups -OCH3 is 1. The van der Waals surface area contributed by atoms with E-state index in [2.05, 4.69) is 9.84 Å². The minimum absolute atomic E-state index is 0.203. The van der Waals surface area contributed by atoms with Crippen molar-refractivity contribution >= 4 is 5.97 Å². The molecular formula is C8H7F5N2O2. The zero-order valence-electron chi connectivity index (χ0n) is 8.46. The summed E-state index contributed by atoms with van der Waals surface area (Å²) in [6, 6.07) is 0. The lowest BCUT2D eigenvalue weighted by atomic mass is 10.3. The van der Waals surface area contributed by atoms with Gasteiger partial charge in [0.25, 0.3) is 0 Å². The first kappa shape index (κ1) is 13.4. The summed E-state index contributed by atoms with van der Waals surface area (Å²) < 4.78 is 65.4. The maximum absolute atomic E-state index is 12.6. The van der Waals surface area contributed by atoms with Gasteiger partial charge in [0, 0.05) is 6.20 Å². The van der Waals surface area contributed by atoms with Crippen molar-refractivity contribution in [2.45, 2.75) is 18.6 Å². The third kappa shape index (κ3) is 2.92. The maximum Gasteiger partial charge on any atom is 0.455 e. The lowest BCUT2D eigenvalue weighted by Gasteiger charge is -2.19. The summed E-state index contributed by atoms with van der Waals surface area (Å²) in [5.41, 5.74) is -0.203. The van der Waals surface area contributed by atoms with E-state index in [0.717, 1.165) is 19.5 Å². The van der Waals surface area contributed by atoms with E-state index in [0.29, 0.717) is 4.68 Å². The number of nitrogens with zero attached hydrogens (tertiary/aromatic N) is 2. The third-order valence-electron chi connectivity index (χ3n) is 1.83. The first-order valence-corrected chi connectivity index (χ1v) is 4.22. The molecule has 0 fully saturated rings. The maximum atomic E-state index is 12.6. The quantitative estimate of drug-likeness (QED) is 0.614. The monoisotopic (exact) mass is 258 g/mol. The van der Waals surface area contributed by atoms with Crippen LogP contribution < -0.4 is 0 Å². The van der Waals surface area contributed by atoms with Gasteiger partial charge in [0.2, 0.25) is 0 Å². The van der Waals surface area contributed by atoms with E-state index >= 15 is 0 Å². The van der Waals surface area contributed by atoms with Crippen LogP contribution in [0.4, 0.5) is 22.0 Å². The number of aromatic nitrogens is 2. The second kappa shape index (κ2) is 4.30. The van der Waals surface area contributed by atoms with E-state index < -0.39 is 24.6 Å². The SMILES string of the molecule is COC(=O)c1cnn(CC(F)(F)C(F)(F)F)c1. The van der Waals surface area contributed by atoms with E-state index in [4.69, 9.17) is 0 Å². The van der Waals surface area contributed by atoms with Gasteiger partial charge in [-0.2, -0.15) is 27.1 Å². The highest BCUT2D eigenvalue weighted by Crippen LogP contribution is 2.36. The molecule has 0 radical (unpaired) electrons. The van der Waals surface area contributed by atoms with Crippen LogP contribution in [-0.2, 0) is 11.3 Å². The van der Waals surface area contributed by atoms with Crippen LogP contribution >= 0.6 is 0 Å². The van der Waals surface area contributed by atoms with Crippen LogP contribution in [0.5, 0.6) is 0 Å². The van der Waals surface area contributed by atoms with Gasteiger partial charge in [-0.15, -0.1) is 0 Å². The van der Waals surface area contributed by atoms with Crippen molar-refractivity contribution in [2.75, 3.05) is 7.11 Å². The molecule has 0 saturated carbocycles. The van der Waals surface area contributed by atoms with Gasteiger partial charge in [-0.1, -0.05) is 0 Å². The highest BCUT2D eigenvalue weighted by Gasteiger charge is 2.57. The van der Waals surface area contributed by atoms with Gasteiger partial charge < -0.3 is 4.74 Å². The fourth-order valence-electron chi connectivity index (χ4n) is 0.966. The minimum atomic E-state index is -5.66. The first-order chi connectivity index (χ1) is 7.67. The van der Waals surface area contributed by atoms with Gasteiger partial charge in [0.05, 0.1) is 18.9 Å². The van der Waals surface area contributed by atoms with Crippen LogP contribution in [0.3, 0.4) is 0 Å². The van der Waals surface area contributed by atoms with Gasteiger partial charge in [0.15, 0.2) is 0 Å². The second-order valence-corrected chi connectivity index (χ2v) is 3.12. The average molecular weight is 258 g/mol. The molecule has 0 amide bonds. The minimum Gasteiger partial charge on any atom is -0.465 e. The number of hydrogen-bond acceptors (Lipinski definition) is 3. The van der Waals surface area contributed by atoms with Crippen molar-refractivity contribution in [3.8, 4) is 0 Å². The molecule has 0 aliphatic rings. The largest absolute Gasteiger partial charge is 0.465 e. The molecule has 9 heteroatoms. The lowest BCUT2D eigenvalue weighted by molar-refractivity contribution is -0.287. The molecule has 1 aromatic heterocycles. The lowest BCUT2D eigenvalue weighted by Crippen LogP contribution is -2.40. The Morgan fingerprint density at radius 1 is 1.41 bits per heavy atom. The van der Waals surface area contributed by atoms with Crippen molar-refractivity contribution < 1.29 is 31.5 Å². The van der Waals surface area contributed by atoms with Crippen LogP contribution in [0.1, 0.15) is 10.4 Å². The number of esters is 1. The molecule has 0 spiro atoms. The standard InChI is InChI=1S/C8H7F5N2O2/c1-17-6(16)5-2-14-15(3-5)4-7(9,10)8(11,12)13/h2-3H,4H2,1H3. The smallest absolute Gasteiger partial charge is 0.455 e. The number of carbonyl (C=O) groups is 1. The van der Waals surface area contributed by atoms with E-state index in [9.17, 15) is 26.7 Å². The Morgan fingerprint density at radius 3 is 2.47 bits per heavy atom. The molecule has 0 aromatic carbocycles. The number of carbonyl (C=O) groups excluding carboxylic acids is 1. The Balaban J connectivity index is 2.83. The molecule has 0 unspecified atom stereocenters. The molecule has 0 aliphatic heterocycles. The predicted molar refractivity (Wildman–Crippen MR) is 44.6 cm³/mol. The number of rotatable bonds is 3. The van der Waals surface area contributed by atoms with Gasteiger partial charge >= 0.3 is 18.1 Å². The molecule has 1 aromatic rings. The van der Waals surface area contributed by atoms with Gasteiger partial charge in [-0.3, -0.25) is 4.68 Å². The van der Waals surface area contributed by atoms with Crippen molar-refractivity contribution in [1.29, 1.82) is 0 Å². The van der Waals surface area contributed by atoms with Crippen LogP contribution in [-0.4, -0.2) is 35.0 Å². The number of hydrogen-bond donors (Lipinski definition) is 0. The Bertz CT molecular complexity index is 412. The molecule has 0 aliphatic carbocycles. The zero-order valence-corrected chi connectivity index (χ0v) is 8.46. The summed E-state index contributed by atoms with van der Waals surface area (Å²) >= 11 is 0. The molecule has 0 bridgehead atoms. The van der Waals surface area contributed by atoms with Crippen molar-refractivity contribution in [3.05, 3.63) is 18.0 Å².